The van der Waals surface area contributed by atoms with Crippen LogP contribution < -0.4 is 10.0 Å². The molecule has 1 aliphatic rings. The van der Waals surface area contributed by atoms with Gasteiger partial charge in [0.2, 0.25) is 5.96 Å². The van der Waals surface area contributed by atoms with E-state index < -0.39 is 10.0 Å². The van der Waals surface area contributed by atoms with Gasteiger partial charge in [0, 0.05) is 0 Å². The monoisotopic (exact) mass is 320 g/mol. The molecule has 1 aromatic carbocycles. The molecule has 118 valence electrons. The normalized spacial score (nSPS) is 16.8. The van der Waals surface area contributed by atoms with Gasteiger partial charge in [0.1, 0.15) is 0 Å². The Morgan fingerprint density at radius 3 is 2.45 bits per heavy atom. The molecule has 1 aromatic rings. The average molecular weight is 320 g/mol. The van der Waals surface area contributed by atoms with Gasteiger partial charge >= 0.3 is 0 Å². The van der Waals surface area contributed by atoms with E-state index in [1.54, 1.807) is 18.3 Å². The van der Waals surface area contributed by atoms with Crippen LogP contribution in [0.1, 0.15) is 37.7 Å². The minimum Gasteiger partial charge on any atom is -0.262 e. The van der Waals surface area contributed by atoms with Gasteiger partial charge in [-0.3, -0.25) is 5.32 Å². The number of benzene rings is 1. The zero-order valence-electron chi connectivity index (χ0n) is 12.5. The molecule has 1 aliphatic carbocycles. The van der Waals surface area contributed by atoms with Crippen molar-refractivity contribution in [2.45, 2.75) is 50.0 Å². The average Bonchev–Trinajstić information content (AvgIpc) is 2.48. The highest BCUT2D eigenvalue weighted by atomic mass is 32.2. The van der Waals surface area contributed by atoms with Crippen molar-refractivity contribution in [1.82, 2.24) is 10.0 Å². The maximum absolute atomic E-state index is 12.3. The number of nitriles is 1. The number of aliphatic imine (C=N–C) groups is 1. The van der Waals surface area contributed by atoms with Crippen molar-refractivity contribution in [3.63, 3.8) is 0 Å². The molecule has 1 saturated carbocycles. The van der Waals surface area contributed by atoms with E-state index >= 15 is 0 Å². The van der Waals surface area contributed by atoms with E-state index in [2.05, 4.69) is 15.0 Å². The van der Waals surface area contributed by atoms with Crippen molar-refractivity contribution in [1.29, 1.82) is 5.26 Å². The van der Waals surface area contributed by atoms with Crippen LogP contribution in [0.5, 0.6) is 0 Å². The van der Waals surface area contributed by atoms with Gasteiger partial charge in [0.25, 0.3) is 10.0 Å². The molecule has 1 fully saturated rings. The zero-order valence-corrected chi connectivity index (χ0v) is 13.4. The van der Waals surface area contributed by atoms with Crippen LogP contribution in [0.4, 0.5) is 0 Å². The second-order valence-electron chi connectivity index (χ2n) is 5.42. The molecule has 0 saturated heterocycles. The predicted octanol–water partition coefficient (Wildman–Crippen LogP) is 2.03. The van der Waals surface area contributed by atoms with Gasteiger partial charge in [-0.25, -0.2) is 18.1 Å². The molecular formula is C15H20N4O2S. The summed E-state index contributed by atoms with van der Waals surface area (Å²) in [7, 11) is -3.74. The Morgan fingerprint density at radius 2 is 1.86 bits per heavy atom. The first-order chi connectivity index (χ1) is 10.5. The zero-order chi connectivity index (χ0) is 16.0. The molecule has 2 rings (SSSR count). The second-order valence-corrected chi connectivity index (χ2v) is 7.11. The van der Waals surface area contributed by atoms with Crippen LogP contribution >= 0.6 is 0 Å². The summed E-state index contributed by atoms with van der Waals surface area (Å²) in [6, 6.07) is 6.57. The summed E-state index contributed by atoms with van der Waals surface area (Å²) in [4.78, 5) is 4.49. The predicted molar refractivity (Wildman–Crippen MR) is 84.6 cm³/mol. The van der Waals surface area contributed by atoms with E-state index in [4.69, 9.17) is 5.26 Å². The number of nitrogens with zero attached hydrogens (tertiary/aromatic N) is 2. The topological polar surface area (TPSA) is 94.3 Å². The summed E-state index contributed by atoms with van der Waals surface area (Å²) in [5.41, 5.74) is 0.977. The van der Waals surface area contributed by atoms with Crippen molar-refractivity contribution in [2.75, 3.05) is 0 Å². The summed E-state index contributed by atoms with van der Waals surface area (Å²) in [5.74, 6) is -0.00465. The summed E-state index contributed by atoms with van der Waals surface area (Å²) in [6.45, 7) is 1.89. The summed E-state index contributed by atoms with van der Waals surface area (Å²) >= 11 is 0. The second kappa shape index (κ2) is 7.27. The van der Waals surface area contributed by atoms with Crippen LogP contribution in [0.15, 0.2) is 34.2 Å². The van der Waals surface area contributed by atoms with E-state index in [-0.39, 0.29) is 16.9 Å². The Labute approximate surface area is 131 Å². The number of guanidine groups is 1. The molecule has 0 unspecified atom stereocenters. The smallest absolute Gasteiger partial charge is 0.262 e. The van der Waals surface area contributed by atoms with Crippen molar-refractivity contribution in [3.05, 3.63) is 29.8 Å². The first kappa shape index (κ1) is 16.3. The van der Waals surface area contributed by atoms with Gasteiger partial charge < -0.3 is 0 Å². The third kappa shape index (κ3) is 4.46. The first-order valence-electron chi connectivity index (χ1n) is 7.33. The van der Waals surface area contributed by atoms with Gasteiger partial charge in [0.15, 0.2) is 6.19 Å². The lowest BCUT2D eigenvalue weighted by molar-refractivity contribution is 0.442. The Balaban J connectivity index is 2.17. The third-order valence-corrected chi connectivity index (χ3v) is 4.98. The molecule has 0 atom stereocenters. The largest absolute Gasteiger partial charge is 0.264 e. The molecule has 6 nitrogen and oxygen atoms in total. The number of rotatable bonds is 3. The fourth-order valence-corrected chi connectivity index (χ4v) is 3.40. The molecule has 0 aromatic heterocycles. The maximum atomic E-state index is 12.3. The molecule has 2 N–H and O–H groups in total. The van der Waals surface area contributed by atoms with Gasteiger partial charge in [-0.05, 0) is 31.9 Å². The maximum Gasteiger partial charge on any atom is 0.264 e. The quantitative estimate of drug-likeness (QED) is 0.385. The number of hydrogen-bond donors (Lipinski definition) is 2. The number of nitrogens with one attached hydrogen (secondary N) is 2. The lowest BCUT2D eigenvalue weighted by Crippen LogP contribution is -2.40. The Kier molecular flexibility index (Phi) is 5.39. The molecule has 0 bridgehead atoms. The lowest BCUT2D eigenvalue weighted by atomic mass is 9.96. The molecule has 0 aliphatic heterocycles. The summed E-state index contributed by atoms with van der Waals surface area (Å²) in [5, 5.41) is 11.1. The van der Waals surface area contributed by atoms with Crippen molar-refractivity contribution < 1.29 is 8.42 Å². The van der Waals surface area contributed by atoms with Crippen molar-refractivity contribution in [3.8, 4) is 6.19 Å². The van der Waals surface area contributed by atoms with E-state index in [1.165, 1.54) is 18.6 Å². The standard InChI is InChI=1S/C15H20N4O2S/c1-12-7-9-14(10-8-12)22(20,21)19-15(17-11-16)18-13-5-3-2-4-6-13/h7-10,13H,2-6H2,1H3,(H2,17,18,19). The van der Waals surface area contributed by atoms with Crippen LogP contribution in [0.25, 0.3) is 0 Å². The number of aryl methyl sites for hydroxylation is 1. The Morgan fingerprint density at radius 1 is 1.23 bits per heavy atom. The fourth-order valence-electron chi connectivity index (χ4n) is 2.43. The molecule has 0 heterocycles. The van der Waals surface area contributed by atoms with Gasteiger partial charge in [-0.2, -0.15) is 5.26 Å². The van der Waals surface area contributed by atoms with Crippen LogP contribution in [-0.2, 0) is 10.0 Å². The van der Waals surface area contributed by atoms with Crippen LogP contribution in [0, 0.1) is 18.4 Å². The van der Waals surface area contributed by atoms with Crippen molar-refractivity contribution >= 4 is 16.0 Å². The summed E-state index contributed by atoms with van der Waals surface area (Å²) in [6.07, 6.45) is 6.92. The van der Waals surface area contributed by atoms with E-state index in [0.717, 1.165) is 31.2 Å². The number of hydrogen-bond acceptors (Lipinski definition) is 4. The van der Waals surface area contributed by atoms with Crippen molar-refractivity contribution in [2.24, 2.45) is 4.99 Å². The summed E-state index contributed by atoms with van der Waals surface area (Å²) < 4.78 is 27.0. The number of sulfonamides is 1. The highest BCUT2D eigenvalue weighted by Gasteiger charge is 2.18. The van der Waals surface area contributed by atoms with E-state index in [1.807, 2.05) is 6.92 Å². The fraction of sp³-hybridized carbons (Fsp3) is 0.467. The highest BCUT2D eigenvalue weighted by Crippen LogP contribution is 2.20. The van der Waals surface area contributed by atoms with Crippen LogP contribution in [0.3, 0.4) is 0 Å². The third-order valence-electron chi connectivity index (χ3n) is 3.62. The SMILES string of the molecule is Cc1ccc(S(=O)(=O)NC(=NC2CCCCC2)NC#N)cc1. The minimum absolute atomic E-state index is 0.00465. The minimum atomic E-state index is -3.74. The molecule has 7 heteroatoms. The van der Waals surface area contributed by atoms with Gasteiger partial charge in [-0.15, -0.1) is 0 Å². The molecule has 0 spiro atoms. The van der Waals surface area contributed by atoms with Gasteiger partial charge in [0.05, 0.1) is 10.9 Å². The van der Waals surface area contributed by atoms with E-state index in [9.17, 15) is 8.42 Å². The van der Waals surface area contributed by atoms with E-state index in [0.29, 0.717) is 0 Å². The first-order valence-corrected chi connectivity index (χ1v) is 8.82. The lowest BCUT2D eigenvalue weighted by Gasteiger charge is -2.19. The molecule has 0 radical (unpaired) electrons. The van der Waals surface area contributed by atoms with Crippen LogP contribution in [0.2, 0.25) is 0 Å². The molecule has 0 amide bonds. The Hall–Kier alpha value is -2.07. The van der Waals surface area contributed by atoms with Gasteiger partial charge in [-0.1, -0.05) is 37.0 Å². The van der Waals surface area contributed by atoms with Crippen LogP contribution in [-0.4, -0.2) is 20.4 Å². The Bertz CT molecular complexity index is 668. The highest BCUT2D eigenvalue weighted by molar-refractivity contribution is 7.90. The molecular weight excluding hydrogens is 300 g/mol. The molecule has 22 heavy (non-hydrogen) atoms.